The fraction of sp³-hybridized carbons (Fsp3) is 0.294. The quantitative estimate of drug-likeness (QED) is 0.792. The number of nitrogens with zero attached hydrogens (tertiary/aromatic N) is 2. The molecular weight excluding hydrogens is 389 g/mol. The van der Waals surface area contributed by atoms with Gasteiger partial charge in [0.1, 0.15) is 5.82 Å². The van der Waals surface area contributed by atoms with Crippen LogP contribution in [-0.2, 0) is 6.54 Å². The number of rotatable bonds is 4. The zero-order chi connectivity index (χ0) is 15.4. The summed E-state index contributed by atoms with van der Waals surface area (Å²) in [6.45, 7) is 2.67. The molecule has 1 fully saturated rings. The molecule has 0 spiro atoms. The normalized spacial score (nSPS) is 14.1. The van der Waals surface area contributed by atoms with Crippen LogP contribution in [0.1, 0.15) is 28.8 Å². The van der Waals surface area contributed by atoms with Crippen LogP contribution in [0.3, 0.4) is 0 Å². The summed E-state index contributed by atoms with van der Waals surface area (Å²) >= 11 is 2.18. The Hall–Kier alpha value is -1.63. The number of benzene rings is 1. The number of carbonyl (C=O) groups is 1. The van der Waals surface area contributed by atoms with E-state index in [2.05, 4.69) is 43.9 Å². The van der Waals surface area contributed by atoms with Crippen molar-refractivity contribution in [2.75, 3.05) is 18.0 Å². The Bertz CT molecular complexity index is 668. The number of amides is 1. The van der Waals surface area contributed by atoms with Gasteiger partial charge in [-0.3, -0.25) is 4.79 Å². The molecule has 0 bridgehead atoms. The molecule has 1 amide bonds. The van der Waals surface area contributed by atoms with E-state index in [1.54, 1.807) is 0 Å². The molecule has 0 aliphatic carbocycles. The Morgan fingerprint density at radius 3 is 2.77 bits per heavy atom. The number of halogens is 1. The third kappa shape index (κ3) is 3.58. The van der Waals surface area contributed by atoms with Crippen molar-refractivity contribution in [3.63, 3.8) is 0 Å². The molecule has 22 heavy (non-hydrogen) atoms. The highest BCUT2D eigenvalue weighted by atomic mass is 127. The Kier molecular flexibility index (Phi) is 4.92. The first-order valence-corrected chi connectivity index (χ1v) is 8.54. The highest BCUT2D eigenvalue weighted by molar-refractivity contribution is 14.1. The lowest BCUT2D eigenvalue weighted by Gasteiger charge is -2.17. The van der Waals surface area contributed by atoms with Crippen molar-refractivity contribution in [3.05, 3.63) is 57.3 Å². The monoisotopic (exact) mass is 407 g/mol. The topological polar surface area (TPSA) is 45.2 Å². The third-order valence-corrected chi connectivity index (χ3v) is 4.75. The summed E-state index contributed by atoms with van der Waals surface area (Å²) in [5.41, 5.74) is 1.80. The van der Waals surface area contributed by atoms with Gasteiger partial charge >= 0.3 is 0 Å². The smallest absolute Gasteiger partial charge is 0.252 e. The molecule has 1 aromatic heterocycles. The van der Waals surface area contributed by atoms with Crippen LogP contribution in [-0.4, -0.2) is 24.0 Å². The number of aromatic nitrogens is 1. The van der Waals surface area contributed by atoms with E-state index in [1.807, 2.05) is 36.5 Å². The second-order valence-corrected chi connectivity index (χ2v) is 6.54. The molecule has 0 saturated carbocycles. The van der Waals surface area contributed by atoms with E-state index in [0.717, 1.165) is 33.6 Å². The van der Waals surface area contributed by atoms with Gasteiger partial charge in [-0.25, -0.2) is 4.98 Å². The molecule has 0 radical (unpaired) electrons. The summed E-state index contributed by atoms with van der Waals surface area (Å²) in [5, 5.41) is 2.98. The zero-order valence-corrected chi connectivity index (χ0v) is 14.4. The molecule has 2 heterocycles. The van der Waals surface area contributed by atoms with Crippen molar-refractivity contribution in [3.8, 4) is 0 Å². The molecule has 4 nitrogen and oxygen atoms in total. The lowest BCUT2D eigenvalue weighted by atomic mass is 10.2. The Morgan fingerprint density at radius 1 is 1.23 bits per heavy atom. The number of carbonyl (C=O) groups excluding carboxylic acids is 1. The first-order valence-electron chi connectivity index (χ1n) is 7.46. The molecule has 5 heteroatoms. The van der Waals surface area contributed by atoms with Crippen LogP contribution in [0.2, 0.25) is 0 Å². The molecule has 1 aromatic carbocycles. The predicted molar refractivity (Wildman–Crippen MR) is 96.0 cm³/mol. The average Bonchev–Trinajstić information content (AvgIpc) is 3.08. The Labute approximate surface area is 144 Å². The van der Waals surface area contributed by atoms with Gasteiger partial charge in [0.25, 0.3) is 5.91 Å². The van der Waals surface area contributed by atoms with Gasteiger partial charge < -0.3 is 10.2 Å². The van der Waals surface area contributed by atoms with Crippen molar-refractivity contribution in [2.24, 2.45) is 0 Å². The average molecular weight is 407 g/mol. The van der Waals surface area contributed by atoms with Gasteiger partial charge in [-0.1, -0.05) is 12.1 Å². The van der Waals surface area contributed by atoms with Crippen LogP contribution >= 0.6 is 22.6 Å². The highest BCUT2D eigenvalue weighted by Crippen LogP contribution is 2.18. The van der Waals surface area contributed by atoms with Crippen molar-refractivity contribution >= 4 is 34.3 Å². The van der Waals surface area contributed by atoms with E-state index >= 15 is 0 Å². The van der Waals surface area contributed by atoms with E-state index in [-0.39, 0.29) is 5.91 Å². The molecule has 0 atom stereocenters. The second-order valence-electron chi connectivity index (χ2n) is 5.38. The van der Waals surface area contributed by atoms with Crippen LogP contribution in [0.25, 0.3) is 0 Å². The lowest BCUT2D eigenvalue weighted by Crippen LogP contribution is -2.24. The van der Waals surface area contributed by atoms with Gasteiger partial charge in [0.15, 0.2) is 0 Å². The minimum atomic E-state index is -0.0375. The van der Waals surface area contributed by atoms with E-state index < -0.39 is 0 Å². The third-order valence-electron chi connectivity index (χ3n) is 3.81. The summed E-state index contributed by atoms with van der Waals surface area (Å²) in [6.07, 6.45) is 4.28. The molecule has 2 aromatic rings. The number of anilines is 1. The van der Waals surface area contributed by atoms with Gasteiger partial charge in [0, 0.05) is 29.4 Å². The maximum Gasteiger partial charge on any atom is 0.252 e. The van der Waals surface area contributed by atoms with Crippen LogP contribution < -0.4 is 10.2 Å². The Morgan fingerprint density at radius 2 is 2.00 bits per heavy atom. The van der Waals surface area contributed by atoms with Crippen LogP contribution in [0.5, 0.6) is 0 Å². The minimum Gasteiger partial charge on any atom is -0.357 e. The van der Waals surface area contributed by atoms with Crippen LogP contribution in [0.15, 0.2) is 42.6 Å². The molecule has 1 saturated heterocycles. The first kappa shape index (κ1) is 15.3. The molecule has 0 unspecified atom stereocenters. The van der Waals surface area contributed by atoms with E-state index in [0.29, 0.717) is 6.54 Å². The number of nitrogens with one attached hydrogen (secondary N) is 1. The van der Waals surface area contributed by atoms with Gasteiger partial charge in [-0.05, 0) is 65.3 Å². The maximum atomic E-state index is 12.2. The van der Waals surface area contributed by atoms with E-state index in [1.165, 1.54) is 12.8 Å². The molecule has 114 valence electrons. The maximum absolute atomic E-state index is 12.2. The first-order chi connectivity index (χ1) is 10.7. The fourth-order valence-electron chi connectivity index (χ4n) is 2.61. The van der Waals surface area contributed by atoms with Crippen molar-refractivity contribution < 1.29 is 4.79 Å². The molecule has 1 aliphatic rings. The zero-order valence-electron chi connectivity index (χ0n) is 12.3. The van der Waals surface area contributed by atoms with Gasteiger partial charge in [-0.2, -0.15) is 0 Å². The molecule has 1 aliphatic heterocycles. The molecule has 3 rings (SSSR count). The van der Waals surface area contributed by atoms with Gasteiger partial charge in [0.05, 0.1) is 5.56 Å². The van der Waals surface area contributed by atoms with Crippen molar-refractivity contribution in [1.29, 1.82) is 0 Å². The standard InChI is InChI=1S/C17H18IN3O/c18-15-6-2-1-5-14(15)17(22)20-12-13-7-8-19-16(11-13)21-9-3-4-10-21/h1-2,5-8,11H,3-4,9-10,12H2,(H,20,22). The van der Waals surface area contributed by atoms with Crippen LogP contribution in [0, 0.1) is 3.57 Å². The number of pyridine rings is 1. The lowest BCUT2D eigenvalue weighted by molar-refractivity contribution is 0.0950. The van der Waals surface area contributed by atoms with E-state index in [4.69, 9.17) is 0 Å². The van der Waals surface area contributed by atoms with Crippen LogP contribution in [0.4, 0.5) is 5.82 Å². The summed E-state index contributed by atoms with van der Waals surface area (Å²) in [4.78, 5) is 19.0. The molecular formula is C17H18IN3O. The van der Waals surface area contributed by atoms with Gasteiger partial charge in [0.2, 0.25) is 0 Å². The van der Waals surface area contributed by atoms with Crippen molar-refractivity contribution in [1.82, 2.24) is 10.3 Å². The second kappa shape index (κ2) is 7.09. The molecule has 1 N–H and O–H groups in total. The summed E-state index contributed by atoms with van der Waals surface area (Å²) in [5.74, 6) is 0.975. The summed E-state index contributed by atoms with van der Waals surface area (Å²) in [6, 6.07) is 11.6. The summed E-state index contributed by atoms with van der Waals surface area (Å²) < 4.78 is 0.963. The van der Waals surface area contributed by atoms with E-state index in [9.17, 15) is 4.79 Å². The minimum absolute atomic E-state index is 0.0375. The summed E-state index contributed by atoms with van der Waals surface area (Å²) in [7, 11) is 0. The van der Waals surface area contributed by atoms with Gasteiger partial charge in [-0.15, -0.1) is 0 Å². The highest BCUT2D eigenvalue weighted by Gasteiger charge is 2.14. The SMILES string of the molecule is O=C(NCc1ccnc(N2CCCC2)c1)c1ccccc1I. The Balaban J connectivity index is 1.65. The predicted octanol–water partition coefficient (Wildman–Crippen LogP) is 3.22. The van der Waals surface area contributed by atoms with Crippen molar-refractivity contribution in [2.45, 2.75) is 19.4 Å². The fourth-order valence-corrected chi connectivity index (χ4v) is 3.24. The largest absolute Gasteiger partial charge is 0.357 e. The number of hydrogen-bond acceptors (Lipinski definition) is 3. The number of hydrogen-bond donors (Lipinski definition) is 1.